The van der Waals surface area contributed by atoms with Crippen LogP contribution in [0.4, 0.5) is 4.39 Å². The van der Waals surface area contributed by atoms with Crippen LogP contribution >= 0.6 is 0 Å². The molecule has 2 rings (SSSR count). The minimum absolute atomic E-state index is 0.0790. The van der Waals surface area contributed by atoms with Gasteiger partial charge < -0.3 is 9.84 Å². The lowest BCUT2D eigenvalue weighted by Gasteiger charge is -2.09. The van der Waals surface area contributed by atoms with Crippen LogP contribution in [-0.2, 0) is 0 Å². The number of hydrogen-bond donors (Lipinski definition) is 1. The number of benzene rings is 2. The molecule has 0 fully saturated rings. The Balaban J connectivity index is 2.34. The van der Waals surface area contributed by atoms with Crippen molar-refractivity contribution in [3.05, 3.63) is 53.8 Å². The lowest BCUT2D eigenvalue weighted by Crippen LogP contribution is -1.88. The Labute approximate surface area is 92.9 Å². The molecule has 0 unspecified atom stereocenters. The molecular formula is C13H11FO2. The molecule has 0 spiro atoms. The third-order valence-electron chi connectivity index (χ3n) is 2.24. The lowest BCUT2D eigenvalue weighted by atomic mass is 10.2. The number of aromatic hydroxyl groups is 1. The predicted molar refractivity (Wildman–Crippen MR) is 59.3 cm³/mol. The summed E-state index contributed by atoms with van der Waals surface area (Å²) in [6.07, 6.45) is 0. The summed E-state index contributed by atoms with van der Waals surface area (Å²) in [4.78, 5) is 0. The van der Waals surface area contributed by atoms with Gasteiger partial charge in [0.05, 0.1) is 0 Å². The highest BCUT2D eigenvalue weighted by atomic mass is 19.1. The van der Waals surface area contributed by atoms with Crippen LogP contribution in [0.25, 0.3) is 0 Å². The fourth-order valence-corrected chi connectivity index (χ4v) is 1.36. The van der Waals surface area contributed by atoms with E-state index in [2.05, 4.69) is 0 Å². The van der Waals surface area contributed by atoms with Crippen LogP contribution in [-0.4, -0.2) is 5.11 Å². The predicted octanol–water partition coefficient (Wildman–Crippen LogP) is 3.63. The second-order valence-corrected chi connectivity index (χ2v) is 3.48. The van der Waals surface area contributed by atoms with Gasteiger partial charge in [-0.05, 0) is 30.7 Å². The number of para-hydroxylation sites is 1. The highest BCUT2D eigenvalue weighted by Crippen LogP contribution is 2.32. The summed E-state index contributed by atoms with van der Waals surface area (Å²) in [6, 6.07) is 10.9. The van der Waals surface area contributed by atoms with Crippen LogP contribution < -0.4 is 4.74 Å². The summed E-state index contributed by atoms with van der Waals surface area (Å²) >= 11 is 0. The van der Waals surface area contributed by atoms with Crippen molar-refractivity contribution in [2.24, 2.45) is 0 Å². The first-order valence-electron chi connectivity index (χ1n) is 4.89. The van der Waals surface area contributed by atoms with E-state index in [1.807, 2.05) is 25.1 Å². The summed E-state index contributed by atoms with van der Waals surface area (Å²) in [6.45, 7) is 1.88. The average Bonchev–Trinajstić information content (AvgIpc) is 2.27. The van der Waals surface area contributed by atoms with Gasteiger partial charge in [0, 0.05) is 6.07 Å². The van der Waals surface area contributed by atoms with Gasteiger partial charge in [0.15, 0.2) is 11.5 Å². The summed E-state index contributed by atoms with van der Waals surface area (Å²) in [5.74, 6) is 0.198. The largest absolute Gasteiger partial charge is 0.504 e. The van der Waals surface area contributed by atoms with Gasteiger partial charge in [-0.3, -0.25) is 0 Å². The quantitative estimate of drug-likeness (QED) is 0.833. The molecule has 0 atom stereocenters. The fourth-order valence-electron chi connectivity index (χ4n) is 1.36. The van der Waals surface area contributed by atoms with Gasteiger partial charge in [-0.1, -0.05) is 18.2 Å². The minimum Gasteiger partial charge on any atom is -0.504 e. The molecule has 0 radical (unpaired) electrons. The number of phenolic OH excluding ortho intramolecular Hbond substituents is 1. The molecule has 0 saturated carbocycles. The normalized spacial score (nSPS) is 10.1. The molecule has 0 amide bonds. The van der Waals surface area contributed by atoms with E-state index in [0.717, 1.165) is 11.6 Å². The molecular weight excluding hydrogens is 207 g/mol. The first-order chi connectivity index (χ1) is 7.66. The third-order valence-corrected chi connectivity index (χ3v) is 2.24. The van der Waals surface area contributed by atoms with Crippen LogP contribution in [0.15, 0.2) is 42.5 Å². The van der Waals surface area contributed by atoms with E-state index in [4.69, 9.17) is 4.74 Å². The maximum absolute atomic E-state index is 13.0. The first-order valence-corrected chi connectivity index (χ1v) is 4.89. The van der Waals surface area contributed by atoms with E-state index in [0.29, 0.717) is 5.75 Å². The molecule has 3 heteroatoms. The van der Waals surface area contributed by atoms with Gasteiger partial charge in [-0.15, -0.1) is 0 Å². The number of ether oxygens (including phenoxy) is 1. The van der Waals surface area contributed by atoms with Crippen LogP contribution in [0, 0.1) is 12.7 Å². The molecule has 2 aromatic carbocycles. The zero-order chi connectivity index (χ0) is 11.5. The molecule has 2 aromatic rings. The first kappa shape index (κ1) is 10.5. The van der Waals surface area contributed by atoms with Crippen molar-refractivity contribution in [3.8, 4) is 17.2 Å². The van der Waals surface area contributed by atoms with Gasteiger partial charge in [-0.25, -0.2) is 4.39 Å². The van der Waals surface area contributed by atoms with Crippen molar-refractivity contribution in [3.63, 3.8) is 0 Å². The fraction of sp³-hybridized carbons (Fsp3) is 0.0769. The summed E-state index contributed by atoms with van der Waals surface area (Å²) in [5.41, 5.74) is 0.922. The van der Waals surface area contributed by atoms with Crippen molar-refractivity contribution in [1.82, 2.24) is 0 Å². The van der Waals surface area contributed by atoms with Gasteiger partial charge in [0.25, 0.3) is 0 Å². The number of phenols is 1. The zero-order valence-corrected chi connectivity index (χ0v) is 8.77. The molecule has 82 valence electrons. The molecule has 0 aliphatic heterocycles. The second kappa shape index (κ2) is 4.23. The maximum Gasteiger partial charge on any atom is 0.171 e. The van der Waals surface area contributed by atoms with E-state index in [-0.39, 0.29) is 11.5 Å². The van der Waals surface area contributed by atoms with Crippen LogP contribution in [0.3, 0.4) is 0 Å². The highest BCUT2D eigenvalue weighted by Gasteiger charge is 2.06. The Morgan fingerprint density at radius 1 is 1.06 bits per heavy atom. The second-order valence-electron chi connectivity index (χ2n) is 3.48. The van der Waals surface area contributed by atoms with Crippen LogP contribution in [0.5, 0.6) is 17.2 Å². The van der Waals surface area contributed by atoms with Gasteiger partial charge in [0.2, 0.25) is 0 Å². The van der Waals surface area contributed by atoms with E-state index in [1.165, 1.54) is 12.1 Å². The van der Waals surface area contributed by atoms with E-state index < -0.39 is 5.82 Å². The smallest absolute Gasteiger partial charge is 0.171 e. The molecule has 16 heavy (non-hydrogen) atoms. The Morgan fingerprint density at radius 2 is 1.81 bits per heavy atom. The standard InChI is InChI=1S/C13H11FO2/c1-9-4-2-3-5-12(9)16-13-8-10(14)6-7-11(13)15/h2-8,15H,1H3. The van der Waals surface area contributed by atoms with Gasteiger partial charge in [-0.2, -0.15) is 0 Å². The minimum atomic E-state index is -0.443. The third kappa shape index (κ3) is 2.14. The molecule has 0 aromatic heterocycles. The monoisotopic (exact) mass is 218 g/mol. The molecule has 1 N–H and O–H groups in total. The average molecular weight is 218 g/mol. The molecule has 0 aliphatic rings. The number of halogens is 1. The van der Waals surface area contributed by atoms with Crippen molar-refractivity contribution in [2.45, 2.75) is 6.92 Å². The number of aryl methyl sites for hydroxylation is 1. The number of hydrogen-bond acceptors (Lipinski definition) is 2. The molecule has 2 nitrogen and oxygen atoms in total. The van der Waals surface area contributed by atoms with Gasteiger partial charge in [0.1, 0.15) is 11.6 Å². The maximum atomic E-state index is 13.0. The topological polar surface area (TPSA) is 29.5 Å². The van der Waals surface area contributed by atoms with Crippen molar-refractivity contribution in [2.75, 3.05) is 0 Å². The molecule has 0 heterocycles. The SMILES string of the molecule is Cc1ccccc1Oc1cc(F)ccc1O. The molecule has 0 aliphatic carbocycles. The van der Waals surface area contributed by atoms with Gasteiger partial charge >= 0.3 is 0 Å². The van der Waals surface area contributed by atoms with E-state index in [1.54, 1.807) is 6.07 Å². The Bertz CT molecular complexity index is 509. The summed E-state index contributed by atoms with van der Waals surface area (Å²) < 4.78 is 18.4. The lowest BCUT2D eigenvalue weighted by molar-refractivity contribution is 0.406. The molecule has 0 bridgehead atoms. The van der Waals surface area contributed by atoms with E-state index >= 15 is 0 Å². The highest BCUT2D eigenvalue weighted by molar-refractivity contribution is 5.43. The zero-order valence-electron chi connectivity index (χ0n) is 8.77. The van der Waals surface area contributed by atoms with Crippen molar-refractivity contribution in [1.29, 1.82) is 0 Å². The molecule has 0 saturated heterocycles. The van der Waals surface area contributed by atoms with Crippen LogP contribution in [0.2, 0.25) is 0 Å². The van der Waals surface area contributed by atoms with Crippen LogP contribution in [0.1, 0.15) is 5.56 Å². The van der Waals surface area contributed by atoms with Crippen molar-refractivity contribution >= 4 is 0 Å². The summed E-state index contributed by atoms with van der Waals surface area (Å²) in [5, 5.41) is 9.50. The van der Waals surface area contributed by atoms with Crippen molar-refractivity contribution < 1.29 is 14.2 Å². The Morgan fingerprint density at radius 3 is 2.56 bits per heavy atom. The number of rotatable bonds is 2. The Hall–Kier alpha value is -2.03. The van der Waals surface area contributed by atoms with E-state index in [9.17, 15) is 9.50 Å². The summed E-state index contributed by atoms with van der Waals surface area (Å²) in [7, 11) is 0. The Kier molecular flexibility index (Phi) is 2.77.